The summed E-state index contributed by atoms with van der Waals surface area (Å²) < 4.78 is 7.36. The van der Waals surface area contributed by atoms with Gasteiger partial charge in [0.2, 0.25) is 5.95 Å². The van der Waals surface area contributed by atoms with E-state index in [0.29, 0.717) is 29.7 Å². The Morgan fingerprint density at radius 2 is 2.11 bits per heavy atom. The fourth-order valence-corrected chi connectivity index (χ4v) is 6.60. The summed E-state index contributed by atoms with van der Waals surface area (Å²) >= 11 is 7.78. The third kappa shape index (κ3) is 3.44. The number of halogens is 1. The first-order chi connectivity index (χ1) is 17.4. The third-order valence-electron chi connectivity index (χ3n) is 6.81. The van der Waals surface area contributed by atoms with Gasteiger partial charge in [0, 0.05) is 29.2 Å². The summed E-state index contributed by atoms with van der Waals surface area (Å²) in [5, 5.41) is 18.3. The van der Waals surface area contributed by atoms with Crippen LogP contribution in [-0.2, 0) is 17.3 Å². The number of aliphatic hydroxyl groups excluding tert-OH is 1. The minimum Gasteiger partial charge on any atom is -0.394 e. The van der Waals surface area contributed by atoms with E-state index in [0.717, 1.165) is 32.4 Å². The van der Waals surface area contributed by atoms with Crippen LogP contribution in [0, 0.1) is 6.92 Å². The van der Waals surface area contributed by atoms with E-state index in [9.17, 15) is 9.90 Å². The maximum atomic E-state index is 13.9. The maximum absolute atomic E-state index is 13.9. The number of amides is 1. The van der Waals surface area contributed by atoms with E-state index in [-0.39, 0.29) is 12.5 Å². The van der Waals surface area contributed by atoms with Gasteiger partial charge in [0.05, 0.1) is 48.2 Å². The number of ether oxygens (including phenoxy) is 1. The largest absolute Gasteiger partial charge is 0.394 e. The molecule has 184 valence electrons. The maximum Gasteiger partial charge on any atom is 0.256 e. The number of carbonyl (C=O) groups excluding carboxylic acids is 1. The van der Waals surface area contributed by atoms with Crippen LogP contribution in [0.5, 0.6) is 0 Å². The normalized spacial score (nSPS) is 16.8. The molecule has 3 aromatic heterocycles. The van der Waals surface area contributed by atoms with Crippen molar-refractivity contribution in [2.75, 3.05) is 25.1 Å². The van der Waals surface area contributed by atoms with E-state index >= 15 is 0 Å². The van der Waals surface area contributed by atoms with Crippen LogP contribution >= 0.6 is 22.9 Å². The molecular formula is C25H23ClN6O3S. The van der Waals surface area contributed by atoms with Gasteiger partial charge in [-0.3, -0.25) is 9.48 Å². The van der Waals surface area contributed by atoms with Crippen LogP contribution in [0.15, 0.2) is 48.8 Å². The van der Waals surface area contributed by atoms with Gasteiger partial charge in [-0.15, -0.1) is 11.3 Å². The lowest BCUT2D eigenvalue weighted by atomic mass is 9.92. The summed E-state index contributed by atoms with van der Waals surface area (Å²) in [4.78, 5) is 26.6. The Morgan fingerprint density at radius 1 is 1.28 bits per heavy atom. The smallest absolute Gasteiger partial charge is 0.256 e. The third-order valence-corrected chi connectivity index (χ3v) is 8.55. The highest BCUT2D eigenvalue weighted by atomic mass is 35.5. The molecule has 1 atom stereocenters. The first-order valence-corrected chi connectivity index (χ1v) is 12.6. The van der Waals surface area contributed by atoms with Crippen molar-refractivity contribution in [1.82, 2.24) is 24.6 Å². The monoisotopic (exact) mass is 522 g/mol. The highest BCUT2D eigenvalue weighted by molar-refractivity contribution is 7.16. The molecule has 0 radical (unpaired) electrons. The van der Waals surface area contributed by atoms with Crippen molar-refractivity contribution in [3.63, 3.8) is 0 Å². The molecule has 6 rings (SSSR count). The number of nitrogens with zero attached hydrogens (tertiary/aromatic N) is 5. The first-order valence-electron chi connectivity index (χ1n) is 11.4. The Hall–Kier alpha value is -3.31. The van der Waals surface area contributed by atoms with Crippen molar-refractivity contribution in [1.29, 1.82) is 0 Å². The van der Waals surface area contributed by atoms with Crippen LogP contribution in [-0.4, -0.2) is 55.5 Å². The molecule has 0 saturated carbocycles. The van der Waals surface area contributed by atoms with Gasteiger partial charge in [0.15, 0.2) is 0 Å². The van der Waals surface area contributed by atoms with E-state index < -0.39 is 11.6 Å². The summed E-state index contributed by atoms with van der Waals surface area (Å²) in [6.07, 6.45) is 3.39. The lowest BCUT2D eigenvalue weighted by Crippen LogP contribution is -2.58. The van der Waals surface area contributed by atoms with Gasteiger partial charge in [0.25, 0.3) is 5.91 Å². The van der Waals surface area contributed by atoms with E-state index in [1.807, 2.05) is 38.2 Å². The lowest BCUT2D eigenvalue weighted by molar-refractivity contribution is -0.139. The number of carbonyl (C=O) groups is 1. The second-order valence-electron chi connectivity index (χ2n) is 8.94. The first kappa shape index (κ1) is 23.1. The fourth-order valence-electron chi connectivity index (χ4n) is 4.98. The Labute approximate surface area is 216 Å². The topological polar surface area (TPSA) is 105 Å². The molecule has 11 heteroatoms. The summed E-state index contributed by atoms with van der Waals surface area (Å²) in [5.74, 6) is 1.10. The number of nitrogens with one attached hydrogen (secondary N) is 1. The van der Waals surface area contributed by atoms with Crippen LogP contribution in [0.3, 0.4) is 0 Å². The molecule has 2 aliphatic rings. The zero-order valence-electron chi connectivity index (χ0n) is 19.6. The second kappa shape index (κ2) is 8.67. The number of anilines is 2. The number of fused-ring (bicyclic) bond motifs is 2. The molecule has 1 spiro atoms. The van der Waals surface area contributed by atoms with Crippen LogP contribution < -0.4 is 5.32 Å². The molecule has 36 heavy (non-hydrogen) atoms. The fraction of sp³-hybridized carbons (Fsp3) is 0.280. The molecule has 2 aliphatic heterocycles. The predicted octanol–water partition coefficient (Wildman–Crippen LogP) is 4.06. The molecule has 2 N–H and O–H groups in total. The van der Waals surface area contributed by atoms with E-state index in [1.54, 1.807) is 45.4 Å². The zero-order valence-corrected chi connectivity index (χ0v) is 21.2. The van der Waals surface area contributed by atoms with Gasteiger partial charge in [-0.05, 0) is 36.2 Å². The van der Waals surface area contributed by atoms with E-state index in [1.165, 1.54) is 0 Å². The SMILES string of the molecule is Cc1c(-c2ccnc(Nc3ccnn3C)n2)sc2c1C(=O)N(C(CO)c1cccc(Cl)c1)C21COC1. The zero-order chi connectivity index (χ0) is 25.0. The van der Waals surface area contributed by atoms with Crippen molar-refractivity contribution >= 4 is 40.6 Å². The minimum absolute atomic E-state index is 0.116. The summed E-state index contributed by atoms with van der Waals surface area (Å²) in [6.45, 7) is 2.48. The van der Waals surface area contributed by atoms with E-state index in [2.05, 4.69) is 15.4 Å². The van der Waals surface area contributed by atoms with Crippen LogP contribution in [0.4, 0.5) is 11.8 Å². The molecule has 9 nitrogen and oxygen atoms in total. The average molecular weight is 523 g/mol. The van der Waals surface area contributed by atoms with Gasteiger partial charge in [-0.2, -0.15) is 5.10 Å². The Balaban J connectivity index is 1.39. The number of benzene rings is 1. The highest BCUT2D eigenvalue weighted by Gasteiger charge is 2.59. The number of hydrogen-bond acceptors (Lipinski definition) is 8. The van der Waals surface area contributed by atoms with Crippen molar-refractivity contribution < 1.29 is 14.6 Å². The molecule has 1 unspecified atom stereocenters. The predicted molar refractivity (Wildman–Crippen MR) is 137 cm³/mol. The van der Waals surface area contributed by atoms with Crippen molar-refractivity contribution in [2.24, 2.45) is 7.05 Å². The number of rotatable bonds is 6. The van der Waals surface area contributed by atoms with Crippen LogP contribution in [0.1, 0.15) is 32.4 Å². The van der Waals surface area contributed by atoms with Crippen LogP contribution in [0.2, 0.25) is 5.02 Å². The van der Waals surface area contributed by atoms with Gasteiger partial charge in [-0.25, -0.2) is 9.97 Å². The van der Waals surface area contributed by atoms with Gasteiger partial charge < -0.3 is 20.1 Å². The lowest BCUT2D eigenvalue weighted by Gasteiger charge is -2.48. The minimum atomic E-state index is -0.626. The molecule has 1 aromatic carbocycles. The summed E-state index contributed by atoms with van der Waals surface area (Å²) in [6, 6.07) is 10.4. The molecule has 4 aromatic rings. The number of thiophene rings is 1. The second-order valence-corrected chi connectivity index (χ2v) is 10.4. The number of hydrogen-bond donors (Lipinski definition) is 2. The standard InChI is InChI=1S/C25H23ClN6O3S/c1-14-20-22(36-21(14)17-6-8-27-24(29-17)30-19-7-9-28-31(19)2)25(12-35-13-25)32(23(20)34)18(11-33)15-4-3-5-16(26)10-15/h3-10,18,33H,11-13H2,1-2H3,(H,27,29,30). The number of aliphatic hydroxyl groups is 1. The highest BCUT2D eigenvalue weighted by Crippen LogP contribution is 2.54. The van der Waals surface area contributed by atoms with Gasteiger partial charge in [-0.1, -0.05) is 23.7 Å². The molecule has 5 heterocycles. The Morgan fingerprint density at radius 3 is 2.78 bits per heavy atom. The van der Waals surface area contributed by atoms with Gasteiger partial charge in [0.1, 0.15) is 11.4 Å². The molecule has 0 bridgehead atoms. The average Bonchev–Trinajstić information content (AvgIpc) is 3.48. The number of aromatic nitrogens is 4. The quantitative estimate of drug-likeness (QED) is 0.393. The van der Waals surface area contributed by atoms with Crippen LogP contribution in [0.25, 0.3) is 10.6 Å². The summed E-state index contributed by atoms with van der Waals surface area (Å²) in [5.41, 5.74) is 2.42. The molecule has 1 fully saturated rings. The van der Waals surface area contributed by atoms with Crippen molar-refractivity contribution in [3.8, 4) is 10.6 Å². The Bertz CT molecular complexity index is 1480. The van der Waals surface area contributed by atoms with Crippen molar-refractivity contribution in [3.05, 3.63) is 75.4 Å². The van der Waals surface area contributed by atoms with Gasteiger partial charge >= 0.3 is 0 Å². The Kier molecular flexibility index (Phi) is 5.56. The molecule has 1 saturated heterocycles. The molecule has 0 aliphatic carbocycles. The van der Waals surface area contributed by atoms with Crippen molar-refractivity contribution in [2.45, 2.75) is 18.5 Å². The molecular weight excluding hydrogens is 500 g/mol. The summed E-state index contributed by atoms with van der Waals surface area (Å²) in [7, 11) is 1.83. The number of aryl methyl sites for hydroxylation is 1. The van der Waals surface area contributed by atoms with E-state index in [4.69, 9.17) is 21.3 Å². The molecule has 1 amide bonds.